The van der Waals surface area contributed by atoms with Crippen molar-refractivity contribution < 1.29 is 23.5 Å². The van der Waals surface area contributed by atoms with Gasteiger partial charge < -0.3 is 15.3 Å². The normalized spacial score (nSPS) is 15.9. The van der Waals surface area contributed by atoms with E-state index in [4.69, 9.17) is 5.11 Å². The molecule has 1 saturated heterocycles. The molecule has 0 spiro atoms. The molecule has 1 aliphatic rings. The topological polar surface area (TPSA) is 69.6 Å². The monoisotopic (exact) mass is 362 g/mol. The Balaban J connectivity index is 2.01. The lowest BCUT2D eigenvalue weighted by atomic mass is 9.97. The highest BCUT2D eigenvalue weighted by atomic mass is 79.9. The summed E-state index contributed by atoms with van der Waals surface area (Å²) in [7, 11) is 0. The quantitative estimate of drug-likeness (QED) is 0.849. The fourth-order valence-electron chi connectivity index (χ4n) is 2.18. The Morgan fingerprint density at radius 1 is 1.24 bits per heavy atom. The molecule has 0 atom stereocenters. The van der Waals surface area contributed by atoms with Crippen LogP contribution in [0.2, 0.25) is 0 Å². The van der Waals surface area contributed by atoms with Crippen molar-refractivity contribution >= 4 is 33.6 Å². The van der Waals surface area contributed by atoms with E-state index in [1.54, 1.807) is 0 Å². The lowest BCUT2D eigenvalue weighted by molar-refractivity contribution is -0.143. The average molecular weight is 363 g/mol. The molecular weight excluding hydrogens is 350 g/mol. The molecule has 0 aliphatic carbocycles. The van der Waals surface area contributed by atoms with Gasteiger partial charge in [0, 0.05) is 17.6 Å². The first-order valence-corrected chi connectivity index (χ1v) is 7.11. The summed E-state index contributed by atoms with van der Waals surface area (Å²) in [5, 5.41) is 11.1. The number of carboxylic acids is 1. The Morgan fingerprint density at radius 3 is 2.24 bits per heavy atom. The van der Waals surface area contributed by atoms with Gasteiger partial charge in [0.1, 0.15) is 5.69 Å². The van der Waals surface area contributed by atoms with Crippen LogP contribution in [0, 0.1) is 17.6 Å². The van der Waals surface area contributed by atoms with Crippen molar-refractivity contribution in [2.75, 3.05) is 18.4 Å². The summed E-state index contributed by atoms with van der Waals surface area (Å²) in [5.74, 6) is -3.12. The molecule has 1 aromatic carbocycles. The molecule has 0 radical (unpaired) electrons. The average Bonchev–Trinajstić information content (AvgIpc) is 2.42. The van der Waals surface area contributed by atoms with E-state index in [9.17, 15) is 18.4 Å². The minimum absolute atomic E-state index is 0.234. The van der Waals surface area contributed by atoms with E-state index in [-0.39, 0.29) is 17.6 Å². The van der Waals surface area contributed by atoms with Crippen LogP contribution in [0.5, 0.6) is 0 Å². The first-order chi connectivity index (χ1) is 9.88. The van der Waals surface area contributed by atoms with Crippen LogP contribution in [0.1, 0.15) is 12.8 Å². The minimum atomic E-state index is -0.889. The first-order valence-electron chi connectivity index (χ1n) is 6.31. The number of anilines is 1. The largest absolute Gasteiger partial charge is 0.481 e. The first kappa shape index (κ1) is 15.7. The van der Waals surface area contributed by atoms with Crippen LogP contribution < -0.4 is 5.32 Å². The molecule has 1 aromatic rings. The van der Waals surface area contributed by atoms with Gasteiger partial charge in [0.2, 0.25) is 0 Å². The molecule has 2 rings (SSSR count). The number of amides is 2. The van der Waals surface area contributed by atoms with Gasteiger partial charge in [-0.3, -0.25) is 4.79 Å². The second-order valence-corrected chi connectivity index (χ2v) is 5.69. The van der Waals surface area contributed by atoms with Gasteiger partial charge in [0.25, 0.3) is 0 Å². The zero-order valence-electron chi connectivity index (χ0n) is 10.9. The van der Waals surface area contributed by atoms with E-state index in [1.165, 1.54) is 4.90 Å². The maximum Gasteiger partial charge on any atom is 0.322 e. The Hall–Kier alpha value is -1.70. The summed E-state index contributed by atoms with van der Waals surface area (Å²) in [6, 6.07) is 1.46. The lowest BCUT2D eigenvalue weighted by Gasteiger charge is -2.30. The SMILES string of the molecule is O=C(O)C1CCN(C(=O)Nc2c(F)cc(Br)cc2F)CC1. The number of piperidine rings is 1. The summed E-state index contributed by atoms with van der Waals surface area (Å²) >= 11 is 2.95. The molecular formula is C13H13BrF2N2O3. The minimum Gasteiger partial charge on any atom is -0.481 e. The van der Waals surface area contributed by atoms with E-state index < -0.39 is 35.2 Å². The van der Waals surface area contributed by atoms with E-state index >= 15 is 0 Å². The molecule has 114 valence electrons. The molecule has 1 aliphatic heterocycles. The number of hydrogen-bond donors (Lipinski definition) is 2. The third-order valence-corrected chi connectivity index (χ3v) is 3.83. The van der Waals surface area contributed by atoms with E-state index in [2.05, 4.69) is 21.2 Å². The Labute approximate surface area is 128 Å². The molecule has 5 nitrogen and oxygen atoms in total. The second kappa shape index (κ2) is 6.38. The van der Waals surface area contributed by atoms with Crippen molar-refractivity contribution in [3.63, 3.8) is 0 Å². The molecule has 2 amide bonds. The number of hydrogen-bond acceptors (Lipinski definition) is 2. The summed E-state index contributed by atoms with van der Waals surface area (Å²) < 4.78 is 27.5. The van der Waals surface area contributed by atoms with Crippen LogP contribution in [0.4, 0.5) is 19.3 Å². The van der Waals surface area contributed by atoms with Crippen LogP contribution in [-0.4, -0.2) is 35.1 Å². The van der Waals surface area contributed by atoms with Gasteiger partial charge in [-0.25, -0.2) is 13.6 Å². The fourth-order valence-corrected chi connectivity index (χ4v) is 2.58. The number of likely N-dealkylation sites (tertiary alicyclic amines) is 1. The molecule has 8 heteroatoms. The van der Waals surface area contributed by atoms with Crippen molar-refractivity contribution in [2.24, 2.45) is 5.92 Å². The molecule has 0 bridgehead atoms. The number of rotatable bonds is 2. The number of halogens is 3. The zero-order chi connectivity index (χ0) is 15.6. The van der Waals surface area contributed by atoms with Gasteiger partial charge in [0.15, 0.2) is 11.6 Å². The van der Waals surface area contributed by atoms with Crippen molar-refractivity contribution in [1.82, 2.24) is 4.90 Å². The number of nitrogens with zero attached hydrogens (tertiary/aromatic N) is 1. The molecule has 0 unspecified atom stereocenters. The summed E-state index contributed by atoms with van der Waals surface area (Å²) in [5.41, 5.74) is -0.511. The molecule has 21 heavy (non-hydrogen) atoms. The van der Waals surface area contributed by atoms with Crippen LogP contribution in [0.3, 0.4) is 0 Å². The third-order valence-electron chi connectivity index (χ3n) is 3.37. The highest BCUT2D eigenvalue weighted by molar-refractivity contribution is 9.10. The van der Waals surface area contributed by atoms with Gasteiger partial charge in [-0.1, -0.05) is 15.9 Å². The Kier molecular flexibility index (Phi) is 4.76. The molecule has 1 fully saturated rings. The van der Waals surface area contributed by atoms with E-state index in [0.717, 1.165) is 12.1 Å². The third kappa shape index (κ3) is 3.69. The maximum absolute atomic E-state index is 13.6. The number of benzene rings is 1. The fraction of sp³-hybridized carbons (Fsp3) is 0.385. The summed E-state index contributed by atoms with van der Waals surface area (Å²) in [6.07, 6.45) is 0.655. The summed E-state index contributed by atoms with van der Waals surface area (Å²) in [4.78, 5) is 24.1. The second-order valence-electron chi connectivity index (χ2n) is 4.77. The number of carbonyl (C=O) groups is 2. The van der Waals surface area contributed by atoms with Crippen molar-refractivity contribution in [3.8, 4) is 0 Å². The van der Waals surface area contributed by atoms with Crippen LogP contribution in [0.25, 0.3) is 0 Å². The van der Waals surface area contributed by atoms with Gasteiger partial charge in [-0.15, -0.1) is 0 Å². The zero-order valence-corrected chi connectivity index (χ0v) is 12.5. The van der Waals surface area contributed by atoms with Crippen molar-refractivity contribution in [1.29, 1.82) is 0 Å². The van der Waals surface area contributed by atoms with Crippen LogP contribution in [-0.2, 0) is 4.79 Å². The molecule has 1 heterocycles. The van der Waals surface area contributed by atoms with Gasteiger partial charge >= 0.3 is 12.0 Å². The molecule has 0 saturated carbocycles. The predicted molar refractivity (Wildman–Crippen MR) is 75.0 cm³/mol. The standard InChI is InChI=1S/C13H13BrF2N2O3/c14-8-5-9(15)11(10(16)6-8)17-13(21)18-3-1-7(2-4-18)12(19)20/h5-7H,1-4H2,(H,17,21)(H,19,20). The smallest absolute Gasteiger partial charge is 0.322 e. The maximum atomic E-state index is 13.6. The highest BCUT2D eigenvalue weighted by Gasteiger charge is 2.27. The Morgan fingerprint density at radius 2 is 1.76 bits per heavy atom. The number of aliphatic carboxylic acids is 1. The highest BCUT2D eigenvalue weighted by Crippen LogP contribution is 2.25. The number of nitrogens with one attached hydrogen (secondary N) is 1. The van der Waals surface area contributed by atoms with Crippen LogP contribution >= 0.6 is 15.9 Å². The van der Waals surface area contributed by atoms with Crippen molar-refractivity contribution in [2.45, 2.75) is 12.8 Å². The van der Waals surface area contributed by atoms with Gasteiger partial charge in [-0.2, -0.15) is 0 Å². The van der Waals surface area contributed by atoms with Gasteiger partial charge in [0.05, 0.1) is 5.92 Å². The van der Waals surface area contributed by atoms with Crippen LogP contribution in [0.15, 0.2) is 16.6 Å². The summed E-state index contributed by atoms with van der Waals surface area (Å²) in [6.45, 7) is 0.477. The lowest BCUT2D eigenvalue weighted by Crippen LogP contribution is -2.42. The Bertz CT molecular complexity index is 552. The molecule has 0 aromatic heterocycles. The van der Waals surface area contributed by atoms with Gasteiger partial charge in [-0.05, 0) is 25.0 Å². The molecule has 2 N–H and O–H groups in total. The number of carbonyl (C=O) groups excluding carboxylic acids is 1. The number of carboxylic acid groups (broad SMARTS) is 1. The predicted octanol–water partition coefficient (Wildman–Crippen LogP) is 3.06. The number of urea groups is 1. The van der Waals surface area contributed by atoms with E-state index in [1.807, 2.05) is 0 Å². The van der Waals surface area contributed by atoms with Crippen molar-refractivity contribution in [3.05, 3.63) is 28.2 Å². The van der Waals surface area contributed by atoms with E-state index in [0.29, 0.717) is 12.8 Å².